The highest BCUT2D eigenvalue weighted by Crippen LogP contribution is 2.23. The Bertz CT molecular complexity index is 601. The third-order valence-electron chi connectivity index (χ3n) is 2.27. The van der Waals surface area contributed by atoms with Crippen LogP contribution in [0.15, 0.2) is 29.7 Å². The summed E-state index contributed by atoms with van der Waals surface area (Å²) in [5.41, 5.74) is 1.63. The first-order valence-electron chi connectivity index (χ1n) is 5.40. The van der Waals surface area contributed by atoms with E-state index in [4.69, 9.17) is 17.4 Å². The lowest BCUT2D eigenvalue weighted by Crippen LogP contribution is -2.16. The maximum Gasteiger partial charge on any atom is 0.234 e. The van der Waals surface area contributed by atoms with Crippen LogP contribution in [0.4, 0.5) is 5.69 Å². The Hall–Kier alpha value is -1.73. The minimum absolute atomic E-state index is 0.181. The van der Waals surface area contributed by atoms with E-state index in [-0.39, 0.29) is 11.7 Å². The van der Waals surface area contributed by atoms with Crippen molar-refractivity contribution in [2.45, 2.75) is 12.1 Å². The maximum atomic E-state index is 11.8. The Kier molecular flexibility index (Phi) is 4.28. The first-order chi connectivity index (χ1) is 9.06. The van der Waals surface area contributed by atoms with E-state index in [0.717, 1.165) is 5.56 Å². The first kappa shape index (κ1) is 13.7. The Balaban J connectivity index is 1.93. The van der Waals surface area contributed by atoms with Gasteiger partial charge in [0.2, 0.25) is 11.1 Å². The number of halogens is 1. The highest BCUT2D eigenvalue weighted by Gasteiger charge is 2.09. The van der Waals surface area contributed by atoms with Crippen molar-refractivity contribution in [1.82, 2.24) is 14.9 Å². The molecule has 0 fully saturated rings. The van der Waals surface area contributed by atoms with Crippen LogP contribution in [-0.4, -0.2) is 26.5 Å². The molecule has 0 atom stereocenters. The molecule has 0 aliphatic rings. The third kappa shape index (κ3) is 3.62. The number of aryl methyl sites for hydroxylation is 1. The van der Waals surface area contributed by atoms with Crippen LogP contribution in [0, 0.1) is 6.92 Å². The van der Waals surface area contributed by atoms with Gasteiger partial charge in [0, 0.05) is 0 Å². The van der Waals surface area contributed by atoms with E-state index in [1.54, 1.807) is 12.1 Å². The van der Waals surface area contributed by atoms with Gasteiger partial charge < -0.3 is 11.2 Å². The molecule has 2 rings (SSSR count). The largest absolute Gasteiger partial charge is 0.336 e. The molecular weight excluding hydrogens is 286 g/mol. The molecule has 3 N–H and O–H groups in total. The van der Waals surface area contributed by atoms with Crippen LogP contribution < -0.4 is 11.2 Å². The second-order valence-electron chi connectivity index (χ2n) is 3.84. The van der Waals surface area contributed by atoms with Gasteiger partial charge in [0.25, 0.3) is 0 Å². The number of carbonyl (C=O) groups excluding carboxylic acids is 1. The topological polar surface area (TPSA) is 85.8 Å². The molecule has 0 saturated carbocycles. The molecule has 19 heavy (non-hydrogen) atoms. The molecule has 0 unspecified atom stereocenters. The summed E-state index contributed by atoms with van der Waals surface area (Å²) < 4.78 is 1.26. The van der Waals surface area contributed by atoms with Crippen molar-refractivity contribution in [1.29, 1.82) is 0 Å². The van der Waals surface area contributed by atoms with Gasteiger partial charge in [0.1, 0.15) is 6.33 Å². The number of amides is 1. The molecular formula is C11H12ClN5OS. The second kappa shape index (κ2) is 5.94. The maximum absolute atomic E-state index is 11.8. The van der Waals surface area contributed by atoms with Gasteiger partial charge in [-0.3, -0.25) is 4.79 Å². The number of thioether (sulfide) groups is 1. The number of hydrogen-bond acceptors (Lipinski definition) is 5. The van der Waals surface area contributed by atoms with Gasteiger partial charge in [-0.1, -0.05) is 29.4 Å². The molecule has 1 aromatic heterocycles. The zero-order valence-corrected chi connectivity index (χ0v) is 11.7. The molecule has 6 nitrogen and oxygen atoms in total. The first-order valence-corrected chi connectivity index (χ1v) is 6.76. The Labute approximate surface area is 119 Å². The highest BCUT2D eigenvalue weighted by molar-refractivity contribution is 7.99. The lowest BCUT2D eigenvalue weighted by molar-refractivity contribution is -0.113. The fraction of sp³-hybridized carbons (Fsp3) is 0.182. The predicted octanol–water partition coefficient (Wildman–Crippen LogP) is 1.68. The SMILES string of the molecule is Cc1ccc(NC(=O)CSc2nncn2N)c(Cl)c1. The zero-order valence-electron chi connectivity index (χ0n) is 10.1. The smallest absolute Gasteiger partial charge is 0.234 e. The average Bonchev–Trinajstić information content (AvgIpc) is 2.76. The lowest BCUT2D eigenvalue weighted by Gasteiger charge is -2.07. The Morgan fingerprint density at radius 3 is 3.00 bits per heavy atom. The summed E-state index contributed by atoms with van der Waals surface area (Å²) in [6.07, 6.45) is 1.37. The Morgan fingerprint density at radius 1 is 1.58 bits per heavy atom. The van der Waals surface area contributed by atoms with Crippen LogP contribution in [0.25, 0.3) is 0 Å². The van der Waals surface area contributed by atoms with Crippen molar-refractivity contribution < 1.29 is 4.79 Å². The molecule has 1 amide bonds. The van der Waals surface area contributed by atoms with Crippen molar-refractivity contribution in [3.8, 4) is 0 Å². The number of anilines is 1. The summed E-state index contributed by atoms with van der Waals surface area (Å²) in [7, 11) is 0. The summed E-state index contributed by atoms with van der Waals surface area (Å²) in [4.78, 5) is 11.8. The minimum atomic E-state index is -0.182. The number of rotatable bonds is 4. The third-order valence-corrected chi connectivity index (χ3v) is 3.54. The van der Waals surface area contributed by atoms with Crippen LogP contribution in [0.2, 0.25) is 5.02 Å². The number of hydrogen-bond donors (Lipinski definition) is 2. The van der Waals surface area contributed by atoms with Crippen LogP contribution in [0.5, 0.6) is 0 Å². The van der Waals surface area contributed by atoms with Crippen LogP contribution >= 0.6 is 23.4 Å². The van der Waals surface area contributed by atoms with Crippen molar-refractivity contribution in [3.63, 3.8) is 0 Å². The molecule has 0 saturated heterocycles. The van der Waals surface area contributed by atoms with E-state index in [1.165, 1.54) is 22.8 Å². The summed E-state index contributed by atoms with van der Waals surface area (Å²) >= 11 is 7.23. The van der Waals surface area contributed by atoms with Crippen LogP contribution in [-0.2, 0) is 4.79 Å². The number of carbonyl (C=O) groups is 1. The molecule has 2 aromatic rings. The van der Waals surface area contributed by atoms with Gasteiger partial charge in [-0.15, -0.1) is 10.2 Å². The van der Waals surface area contributed by atoms with Gasteiger partial charge in [0.05, 0.1) is 16.5 Å². The molecule has 0 aliphatic carbocycles. The summed E-state index contributed by atoms with van der Waals surface area (Å²) in [5.74, 6) is 5.54. The van der Waals surface area contributed by atoms with E-state index in [2.05, 4.69) is 15.5 Å². The van der Waals surface area contributed by atoms with Gasteiger partial charge >= 0.3 is 0 Å². The lowest BCUT2D eigenvalue weighted by atomic mass is 10.2. The molecule has 1 heterocycles. The van der Waals surface area contributed by atoms with E-state index in [1.807, 2.05) is 13.0 Å². The molecule has 0 aliphatic heterocycles. The molecule has 100 valence electrons. The number of aromatic nitrogens is 3. The van der Waals surface area contributed by atoms with Gasteiger partial charge in [-0.2, -0.15) is 0 Å². The summed E-state index contributed by atoms with van der Waals surface area (Å²) in [5, 5.41) is 11.1. The minimum Gasteiger partial charge on any atom is -0.336 e. The summed E-state index contributed by atoms with van der Waals surface area (Å²) in [6.45, 7) is 1.93. The highest BCUT2D eigenvalue weighted by atomic mass is 35.5. The van der Waals surface area contributed by atoms with Crippen molar-refractivity contribution in [2.75, 3.05) is 16.9 Å². The van der Waals surface area contributed by atoms with E-state index in [0.29, 0.717) is 15.9 Å². The molecule has 0 radical (unpaired) electrons. The summed E-state index contributed by atoms with van der Waals surface area (Å²) in [6, 6.07) is 5.44. The number of nitrogens with zero attached hydrogens (tertiary/aromatic N) is 3. The molecule has 8 heteroatoms. The van der Waals surface area contributed by atoms with E-state index in [9.17, 15) is 4.79 Å². The van der Waals surface area contributed by atoms with Crippen LogP contribution in [0.1, 0.15) is 5.56 Å². The molecule has 0 bridgehead atoms. The van der Waals surface area contributed by atoms with Crippen molar-refractivity contribution in [2.24, 2.45) is 0 Å². The number of benzene rings is 1. The predicted molar refractivity (Wildman–Crippen MR) is 75.7 cm³/mol. The van der Waals surface area contributed by atoms with Crippen molar-refractivity contribution in [3.05, 3.63) is 35.1 Å². The monoisotopic (exact) mass is 297 g/mol. The number of nitrogen functional groups attached to an aromatic ring is 1. The van der Waals surface area contributed by atoms with Crippen molar-refractivity contribution >= 4 is 35.0 Å². The zero-order chi connectivity index (χ0) is 13.8. The quantitative estimate of drug-likeness (QED) is 0.662. The Morgan fingerprint density at radius 2 is 2.37 bits per heavy atom. The van der Waals surface area contributed by atoms with E-state index >= 15 is 0 Å². The fourth-order valence-corrected chi connectivity index (χ4v) is 2.29. The molecule has 0 spiro atoms. The molecule has 1 aromatic carbocycles. The van der Waals surface area contributed by atoms with Gasteiger partial charge in [-0.25, -0.2) is 4.68 Å². The van der Waals surface area contributed by atoms with Gasteiger partial charge in [-0.05, 0) is 24.6 Å². The number of nitrogens with two attached hydrogens (primary N) is 1. The van der Waals surface area contributed by atoms with Crippen LogP contribution in [0.3, 0.4) is 0 Å². The average molecular weight is 298 g/mol. The standard InChI is InChI=1S/C11H12ClN5OS/c1-7-2-3-9(8(12)4-7)15-10(18)5-19-11-16-14-6-17(11)13/h2-4,6H,5,13H2,1H3,(H,15,18). The normalized spacial score (nSPS) is 10.4. The second-order valence-corrected chi connectivity index (χ2v) is 5.19. The number of nitrogens with one attached hydrogen (secondary N) is 1. The van der Waals surface area contributed by atoms with E-state index < -0.39 is 0 Å². The van der Waals surface area contributed by atoms with Gasteiger partial charge in [0.15, 0.2) is 0 Å². The fourth-order valence-electron chi connectivity index (χ4n) is 1.37.